The van der Waals surface area contributed by atoms with Gasteiger partial charge >= 0.3 is 5.97 Å². The van der Waals surface area contributed by atoms with Gasteiger partial charge in [-0.05, 0) is 18.2 Å². The third kappa shape index (κ3) is 4.07. The first-order valence-electron chi connectivity index (χ1n) is 5.41. The number of sulfonamides is 1. The molecule has 0 aliphatic carbocycles. The SMILES string of the molecule is COC(=O)C(O)CNS(=O)(=O)c1ccc(OC)c(Cl)c1. The Morgan fingerprint density at radius 1 is 1.45 bits per heavy atom. The van der Waals surface area contributed by atoms with E-state index in [0.29, 0.717) is 5.75 Å². The van der Waals surface area contributed by atoms with Crippen LogP contribution in [-0.2, 0) is 19.6 Å². The summed E-state index contributed by atoms with van der Waals surface area (Å²) in [5.74, 6) is -0.597. The molecule has 1 unspecified atom stereocenters. The van der Waals surface area contributed by atoms with Gasteiger partial charge in [-0.3, -0.25) is 0 Å². The van der Waals surface area contributed by atoms with Gasteiger partial charge in [0.1, 0.15) is 5.75 Å². The number of rotatable bonds is 6. The molecule has 1 aromatic carbocycles. The Morgan fingerprint density at radius 3 is 2.60 bits per heavy atom. The maximum Gasteiger partial charge on any atom is 0.336 e. The van der Waals surface area contributed by atoms with Crippen LogP contribution in [-0.4, -0.2) is 46.4 Å². The van der Waals surface area contributed by atoms with Crippen molar-refractivity contribution in [1.82, 2.24) is 4.72 Å². The largest absolute Gasteiger partial charge is 0.495 e. The number of hydrogen-bond acceptors (Lipinski definition) is 6. The normalized spacial score (nSPS) is 12.8. The molecule has 2 N–H and O–H groups in total. The number of carbonyl (C=O) groups excluding carboxylic acids is 1. The van der Waals surface area contributed by atoms with Crippen molar-refractivity contribution in [2.45, 2.75) is 11.0 Å². The number of esters is 1. The Kier molecular flexibility index (Phi) is 5.75. The zero-order valence-electron chi connectivity index (χ0n) is 10.8. The minimum absolute atomic E-state index is 0.111. The number of nitrogens with one attached hydrogen (secondary N) is 1. The second kappa shape index (κ2) is 6.89. The topological polar surface area (TPSA) is 102 Å². The molecule has 0 aliphatic rings. The van der Waals surface area contributed by atoms with Gasteiger partial charge < -0.3 is 14.6 Å². The summed E-state index contributed by atoms with van der Waals surface area (Å²) in [7, 11) is -1.41. The van der Waals surface area contributed by atoms with Crippen molar-refractivity contribution in [3.05, 3.63) is 23.2 Å². The third-order valence-corrected chi connectivity index (χ3v) is 4.09. The van der Waals surface area contributed by atoms with E-state index < -0.39 is 28.6 Å². The lowest BCUT2D eigenvalue weighted by atomic mass is 10.3. The van der Waals surface area contributed by atoms with Crippen molar-refractivity contribution in [3.8, 4) is 5.75 Å². The average molecular weight is 324 g/mol. The molecule has 112 valence electrons. The molecule has 1 atom stereocenters. The highest BCUT2D eigenvalue weighted by Gasteiger charge is 2.21. The molecule has 0 saturated heterocycles. The molecular weight excluding hydrogens is 310 g/mol. The lowest BCUT2D eigenvalue weighted by Gasteiger charge is -2.11. The van der Waals surface area contributed by atoms with Gasteiger partial charge in [-0.1, -0.05) is 11.6 Å². The molecule has 0 aliphatic heterocycles. The van der Waals surface area contributed by atoms with Crippen LogP contribution in [0.5, 0.6) is 5.75 Å². The monoisotopic (exact) mass is 323 g/mol. The van der Waals surface area contributed by atoms with Crippen LogP contribution in [0.4, 0.5) is 0 Å². The van der Waals surface area contributed by atoms with E-state index in [1.807, 2.05) is 0 Å². The smallest absolute Gasteiger partial charge is 0.336 e. The van der Waals surface area contributed by atoms with Crippen LogP contribution in [0.1, 0.15) is 0 Å². The molecule has 9 heteroatoms. The van der Waals surface area contributed by atoms with Crippen LogP contribution in [0.2, 0.25) is 5.02 Å². The van der Waals surface area contributed by atoms with E-state index in [2.05, 4.69) is 9.46 Å². The lowest BCUT2D eigenvalue weighted by molar-refractivity contribution is -0.149. The van der Waals surface area contributed by atoms with Crippen molar-refractivity contribution in [2.24, 2.45) is 0 Å². The summed E-state index contributed by atoms with van der Waals surface area (Å²) in [6, 6.07) is 3.89. The molecule has 0 bridgehead atoms. The van der Waals surface area contributed by atoms with Gasteiger partial charge in [0.25, 0.3) is 0 Å². The van der Waals surface area contributed by atoms with E-state index in [0.717, 1.165) is 7.11 Å². The summed E-state index contributed by atoms with van der Waals surface area (Å²) in [6.07, 6.45) is -1.58. The first kappa shape index (κ1) is 16.7. The predicted molar refractivity (Wildman–Crippen MR) is 71.2 cm³/mol. The second-order valence-electron chi connectivity index (χ2n) is 3.69. The minimum Gasteiger partial charge on any atom is -0.495 e. The van der Waals surface area contributed by atoms with Crippen LogP contribution in [0.15, 0.2) is 23.1 Å². The number of benzene rings is 1. The fraction of sp³-hybridized carbons (Fsp3) is 0.364. The van der Waals surface area contributed by atoms with E-state index in [-0.39, 0.29) is 9.92 Å². The summed E-state index contributed by atoms with van der Waals surface area (Å²) < 4.78 is 35.1. The van der Waals surface area contributed by atoms with Crippen molar-refractivity contribution >= 4 is 27.6 Å². The number of aliphatic hydroxyl groups excluding tert-OH is 1. The second-order valence-corrected chi connectivity index (χ2v) is 5.86. The number of ether oxygens (including phenoxy) is 2. The molecule has 0 saturated carbocycles. The van der Waals surface area contributed by atoms with Gasteiger partial charge in [-0.15, -0.1) is 0 Å². The van der Waals surface area contributed by atoms with E-state index in [1.165, 1.54) is 25.3 Å². The maximum atomic E-state index is 11.9. The summed E-state index contributed by atoms with van der Waals surface area (Å²) in [6.45, 7) is -0.501. The summed E-state index contributed by atoms with van der Waals surface area (Å²) in [5, 5.41) is 9.45. The molecule has 1 rings (SSSR count). The maximum absolute atomic E-state index is 11.9. The van der Waals surface area contributed by atoms with Crippen LogP contribution in [0, 0.1) is 0 Å². The number of aliphatic hydroxyl groups is 1. The van der Waals surface area contributed by atoms with Gasteiger partial charge in [0.2, 0.25) is 10.0 Å². The van der Waals surface area contributed by atoms with E-state index in [1.54, 1.807) is 0 Å². The Bertz CT molecular complexity index is 589. The highest BCUT2D eigenvalue weighted by molar-refractivity contribution is 7.89. The van der Waals surface area contributed by atoms with Crippen LogP contribution in [0.3, 0.4) is 0 Å². The summed E-state index contributed by atoms with van der Waals surface area (Å²) in [4.78, 5) is 10.8. The molecule has 0 aromatic heterocycles. The van der Waals surface area contributed by atoms with Crippen molar-refractivity contribution in [3.63, 3.8) is 0 Å². The predicted octanol–water partition coefficient (Wildman–Crippen LogP) is 0.161. The number of hydrogen-bond donors (Lipinski definition) is 2. The van der Waals surface area contributed by atoms with Gasteiger partial charge in [-0.2, -0.15) is 0 Å². The molecule has 7 nitrogen and oxygen atoms in total. The number of methoxy groups -OCH3 is 2. The van der Waals surface area contributed by atoms with Gasteiger partial charge in [0.05, 0.1) is 24.1 Å². The lowest BCUT2D eigenvalue weighted by Crippen LogP contribution is -2.37. The van der Waals surface area contributed by atoms with Crippen molar-refractivity contribution in [1.29, 1.82) is 0 Å². The van der Waals surface area contributed by atoms with Gasteiger partial charge in [-0.25, -0.2) is 17.9 Å². The molecule has 20 heavy (non-hydrogen) atoms. The molecule has 0 spiro atoms. The van der Waals surface area contributed by atoms with Crippen molar-refractivity contribution in [2.75, 3.05) is 20.8 Å². The van der Waals surface area contributed by atoms with E-state index >= 15 is 0 Å². The molecule has 1 aromatic rings. The summed E-state index contributed by atoms with van der Waals surface area (Å²) in [5.41, 5.74) is 0. The fourth-order valence-electron chi connectivity index (χ4n) is 1.31. The average Bonchev–Trinajstić information content (AvgIpc) is 2.43. The Hall–Kier alpha value is -1.35. The van der Waals surface area contributed by atoms with Gasteiger partial charge in [0.15, 0.2) is 6.10 Å². The van der Waals surface area contributed by atoms with Crippen LogP contribution < -0.4 is 9.46 Å². The molecular formula is C11H14ClNO6S. The molecule has 0 fully saturated rings. The molecule has 0 heterocycles. The first-order chi connectivity index (χ1) is 9.31. The zero-order chi connectivity index (χ0) is 15.3. The quantitative estimate of drug-likeness (QED) is 0.723. The number of halogens is 1. The standard InChI is InChI=1S/C11H14ClNO6S/c1-18-10-4-3-7(5-8(10)12)20(16,17)13-6-9(14)11(15)19-2/h3-5,9,13-14H,6H2,1-2H3. The van der Waals surface area contributed by atoms with E-state index in [4.69, 9.17) is 16.3 Å². The zero-order valence-corrected chi connectivity index (χ0v) is 12.4. The Labute approximate surface area is 121 Å². The molecule has 0 amide bonds. The highest BCUT2D eigenvalue weighted by Crippen LogP contribution is 2.26. The highest BCUT2D eigenvalue weighted by atomic mass is 35.5. The Balaban J connectivity index is 2.84. The summed E-state index contributed by atoms with van der Waals surface area (Å²) >= 11 is 5.83. The van der Waals surface area contributed by atoms with Gasteiger partial charge in [0, 0.05) is 6.54 Å². The van der Waals surface area contributed by atoms with E-state index in [9.17, 15) is 18.3 Å². The third-order valence-electron chi connectivity index (χ3n) is 2.37. The van der Waals surface area contributed by atoms with Crippen molar-refractivity contribution < 1.29 is 27.8 Å². The first-order valence-corrected chi connectivity index (χ1v) is 7.27. The molecule has 0 radical (unpaired) electrons. The Morgan fingerprint density at radius 2 is 2.10 bits per heavy atom. The van der Waals surface area contributed by atoms with Crippen LogP contribution >= 0.6 is 11.6 Å². The minimum atomic E-state index is -3.90. The fourth-order valence-corrected chi connectivity index (χ4v) is 2.69. The number of carbonyl (C=O) groups is 1. The van der Waals surface area contributed by atoms with Crippen LogP contribution in [0.25, 0.3) is 0 Å².